The molecule has 1 fully saturated rings. The molecule has 7 heteroatoms. The zero-order valence-corrected chi connectivity index (χ0v) is 19.6. The molecule has 0 bridgehead atoms. The second-order valence-corrected chi connectivity index (χ2v) is 8.44. The van der Waals surface area contributed by atoms with Crippen molar-refractivity contribution >= 4 is 28.8 Å². The van der Waals surface area contributed by atoms with E-state index in [-0.39, 0.29) is 5.91 Å². The lowest BCUT2D eigenvalue weighted by atomic mass is 10.1. The number of morpholine rings is 1. The van der Waals surface area contributed by atoms with Crippen molar-refractivity contribution in [3.05, 3.63) is 96.2 Å². The van der Waals surface area contributed by atoms with Gasteiger partial charge in [-0.2, -0.15) is 0 Å². The highest BCUT2D eigenvalue weighted by Crippen LogP contribution is 2.22. The Bertz CT molecular complexity index is 1320. The number of aryl methyl sites for hydroxylation is 1. The van der Waals surface area contributed by atoms with Crippen LogP contribution in [0.2, 0.25) is 0 Å². The van der Waals surface area contributed by atoms with Crippen LogP contribution in [-0.2, 0) is 4.74 Å². The molecule has 0 atom stereocenters. The average molecular weight is 466 g/mol. The zero-order valence-electron chi connectivity index (χ0n) is 19.6. The molecule has 7 nitrogen and oxygen atoms in total. The van der Waals surface area contributed by atoms with E-state index in [9.17, 15) is 4.79 Å². The maximum atomic E-state index is 12.9. The molecule has 0 spiro atoms. The van der Waals surface area contributed by atoms with Gasteiger partial charge in [-0.3, -0.25) is 4.79 Å². The quantitative estimate of drug-likeness (QED) is 0.403. The standard InChI is InChI=1S/C28H27N5O2/c1-20-4-2-5-21(18-20)27-29-13-12-26(32-27)30-24-7-3-6-22(19-24)28(34)31-23-8-10-25(11-9-23)33-14-16-35-17-15-33/h2-13,18-19H,14-17H2,1H3,(H,31,34)(H,29,30,32). The second-order valence-electron chi connectivity index (χ2n) is 8.44. The first-order valence-corrected chi connectivity index (χ1v) is 11.7. The molecule has 3 aromatic carbocycles. The Balaban J connectivity index is 1.26. The third-order valence-corrected chi connectivity index (χ3v) is 5.83. The molecule has 1 aromatic heterocycles. The molecule has 5 rings (SSSR count). The molecule has 0 unspecified atom stereocenters. The highest BCUT2D eigenvalue weighted by molar-refractivity contribution is 6.05. The molecule has 4 aromatic rings. The van der Waals surface area contributed by atoms with Gasteiger partial charge in [-0.15, -0.1) is 0 Å². The Hall–Kier alpha value is -4.23. The fourth-order valence-corrected chi connectivity index (χ4v) is 4.02. The summed E-state index contributed by atoms with van der Waals surface area (Å²) in [6.07, 6.45) is 1.73. The zero-order chi connectivity index (χ0) is 24.0. The fourth-order valence-electron chi connectivity index (χ4n) is 4.02. The van der Waals surface area contributed by atoms with E-state index in [4.69, 9.17) is 4.74 Å². The molecule has 1 aliphatic rings. The molecule has 35 heavy (non-hydrogen) atoms. The number of hydrogen-bond donors (Lipinski definition) is 2. The van der Waals surface area contributed by atoms with Crippen LogP contribution < -0.4 is 15.5 Å². The van der Waals surface area contributed by atoms with E-state index in [2.05, 4.69) is 31.6 Å². The fraction of sp³-hybridized carbons (Fsp3) is 0.179. The molecule has 1 amide bonds. The number of benzene rings is 3. The number of amides is 1. The first kappa shape index (κ1) is 22.6. The van der Waals surface area contributed by atoms with Crippen molar-refractivity contribution in [1.82, 2.24) is 9.97 Å². The monoisotopic (exact) mass is 465 g/mol. The van der Waals surface area contributed by atoms with E-state index in [1.54, 1.807) is 12.3 Å². The van der Waals surface area contributed by atoms with E-state index < -0.39 is 0 Å². The van der Waals surface area contributed by atoms with Crippen molar-refractivity contribution < 1.29 is 9.53 Å². The van der Waals surface area contributed by atoms with E-state index in [0.717, 1.165) is 54.5 Å². The molecule has 0 saturated carbocycles. The van der Waals surface area contributed by atoms with E-state index >= 15 is 0 Å². The van der Waals surface area contributed by atoms with Crippen molar-refractivity contribution in [3.8, 4) is 11.4 Å². The van der Waals surface area contributed by atoms with Gasteiger partial charge in [0.2, 0.25) is 0 Å². The highest BCUT2D eigenvalue weighted by atomic mass is 16.5. The smallest absolute Gasteiger partial charge is 0.255 e. The molecular formula is C28H27N5O2. The van der Waals surface area contributed by atoms with E-state index in [0.29, 0.717) is 17.2 Å². The topological polar surface area (TPSA) is 79.4 Å². The molecule has 0 aliphatic carbocycles. The Morgan fingerprint density at radius 3 is 2.51 bits per heavy atom. The molecular weight excluding hydrogens is 438 g/mol. The van der Waals surface area contributed by atoms with Gasteiger partial charge in [0.25, 0.3) is 5.91 Å². The Labute approximate surface area is 204 Å². The second kappa shape index (κ2) is 10.4. The molecule has 176 valence electrons. The van der Waals surface area contributed by atoms with Crippen LogP contribution in [0, 0.1) is 6.92 Å². The summed E-state index contributed by atoms with van der Waals surface area (Å²) in [6, 6.07) is 25.2. The predicted octanol–water partition coefficient (Wildman–Crippen LogP) is 5.28. The lowest BCUT2D eigenvalue weighted by molar-refractivity contribution is 0.102. The van der Waals surface area contributed by atoms with Gasteiger partial charge in [-0.25, -0.2) is 9.97 Å². The van der Waals surface area contributed by atoms with Crippen LogP contribution in [0.4, 0.5) is 22.9 Å². The number of nitrogens with one attached hydrogen (secondary N) is 2. The Morgan fingerprint density at radius 1 is 0.914 bits per heavy atom. The minimum atomic E-state index is -0.170. The molecule has 1 saturated heterocycles. The summed E-state index contributed by atoms with van der Waals surface area (Å²) in [5.74, 6) is 1.14. The highest BCUT2D eigenvalue weighted by Gasteiger charge is 2.12. The van der Waals surface area contributed by atoms with Gasteiger partial charge >= 0.3 is 0 Å². The van der Waals surface area contributed by atoms with Crippen LogP contribution >= 0.6 is 0 Å². The van der Waals surface area contributed by atoms with Crippen LogP contribution in [0.1, 0.15) is 15.9 Å². The maximum Gasteiger partial charge on any atom is 0.255 e. The van der Waals surface area contributed by atoms with Gasteiger partial charge in [0.05, 0.1) is 13.2 Å². The number of aromatic nitrogens is 2. The Kier molecular flexibility index (Phi) is 6.68. The molecule has 0 radical (unpaired) electrons. The summed E-state index contributed by atoms with van der Waals surface area (Å²) >= 11 is 0. The van der Waals surface area contributed by atoms with Crippen molar-refractivity contribution in [3.63, 3.8) is 0 Å². The number of anilines is 4. The summed E-state index contributed by atoms with van der Waals surface area (Å²) in [7, 11) is 0. The van der Waals surface area contributed by atoms with Crippen LogP contribution in [0.3, 0.4) is 0 Å². The molecule has 2 N–H and O–H groups in total. The third-order valence-electron chi connectivity index (χ3n) is 5.83. The molecule has 2 heterocycles. The number of rotatable bonds is 6. The van der Waals surface area contributed by atoms with Gasteiger partial charge in [-0.05, 0) is 61.5 Å². The predicted molar refractivity (Wildman–Crippen MR) is 139 cm³/mol. The van der Waals surface area contributed by atoms with Gasteiger partial charge in [0.1, 0.15) is 5.82 Å². The number of nitrogens with zero attached hydrogens (tertiary/aromatic N) is 3. The van der Waals surface area contributed by atoms with Crippen molar-refractivity contribution in [2.45, 2.75) is 6.92 Å². The summed E-state index contributed by atoms with van der Waals surface area (Å²) in [5.41, 5.74) is 5.33. The first-order chi connectivity index (χ1) is 17.1. The van der Waals surface area contributed by atoms with Gasteiger partial charge in [-0.1, -0.05) is 29.8 Å². The number of carbonyl (C=O) groups is 1. The number of ether oxygens (including phenoxy) is 1. The van der Waals surface area contributed by atoms with Gasteiger partial charge < -0.3 is 20.3 Å². The van der Waals surface area contributed by atoms with Crippen molar-refractivity contribution in [2.24, 2.45) is 0 Å². The third kappa shape index (κ3) is 5.65. The molecule has 1 aliphatic heterocycles. The van der Waals surface area contributed by atoms with Gasteiger partial charge in [0.15, 0.2) is 5.82 Å². The summed E-state index contributed by atoms with van der Waals surface area (Å²) in [4.78, 5) is 24.2. The number of carbonyl (C=O) groups excluding carboxylic acids is 1. The first-order valence-electron chi connectivity index (χ1n) is 11.7. The lowest BCUT2D eigenvalue weighted by Crippen LogP contribution is -2.36. The lowest BCUT2D eigenvalue weighted by Gasteiger charge is -2.28. The van der Waals surface area contributed by atoms with Gasteiger partial charge in [0, 0.05) is 47.5 Å². The maximum absolute atomic E-state index is 12.9. The SMILES string of the molecule is Cc1cccc(-c2nccc(Nc3cccc(C(=O)Nc4ccc(N5CCOCC5)cc4)c3)n2)c1. The van der Waals surface area contributed by atoms with Crippen LogP contribution in [0.5, 0.6) is 0 Å². The normalized spacial score (nSPS) is 13.3. The van der Waals surface area contributed by atoms with E-state index in [1.807, 2.05) is 73.7 Å². The van der Waals surface area contributed by atoms with Crippen molar-refractivity contribution in [1.29, 1.82) is 0 Å². The minimum absolute atomic E-state index is 0.170. The summed E-state index contributed by atoms with van der Waals surface area (Å²) in [6.45, 7) is 5.28. The number of hydrogen-bond acceptors (Lipinski definition) is 6. The van der Waals surface area contributed by atoms with E-state index in [1.165, 1.54) is 0 Å². The van der Waals surface area contributed by atoms with Crippen molar-refractivity contribution in [2.75, 3.05) is 41.8 Å². The summed E-state index contributed by atoms with van der Waals surface area (Å²) in [5, 5.41) is 6.26. The summed E-state index contributed by atoms with van der Waals surface area (Å²) < 4.78 is 5.41. The largest absolute Gasteiger partial charge is 0.378 e. The van der Waals surface area contributed by atoms with Crippen LogP contribution in [0.15, 0.2) is 85.1 Å². The minimum Gasteiger partial charge on any atom is -0.378 e. The average Bonchev–Trinajstić information content (AvgIpc) is 2.90. The van der Waals surface area contributed by atoms with Crippen LogP contribution in [-0.4, -0.2) is 42.2 Å². The Morgan fingerprint density at radius 2 is 1.71 bits per heavy atom. The van der Waals surface area contributed by atoms with Crippen LogP contribution in [0.25, 0.3) is 11.4 Å².